The molecule has 0 radical (unpaired) electrons. The SMILES string of the molecule is COc1ccc2c(c1)[C@]1(C)CCN(CCc3ccccc3)C1N2C. The summed E-state index contributed by atoms with van der Waals surface area (Å²) in [6.45, 7) is 4.69. The molecule has 3 heteroatoms. The van der Waals surface area contributed by atoms with Crippen molar-refractivity contribution in [3.8, 4) is 5.75 Å². The fourth-order valence-electron chi connectivity index (χ4n) is 4.67. The maximum absolute atomic E-state index is 5.47. The average Bonchev–Trinajstić information content (AvgIpc) is 3.07. The van der Waals surface area contributed by atoms with Gasteiger partial charge in [-0.25, -0.2) is 0 Å². The van der Waals surface area contributed by atoms with E-state index < -0.39 is 0 Å². The van der Waals surface area contributed by atoms with Crippen molar-refractivity contribution in [2.24, 2.45) is 0 Å². The number of hydrogen-bond donors (Lipinski definition) is 0. The molecular formula is C21H26N2O. The summed E-state index contributed by atoms with van der Waals surface area (Å²) in [5, 5.41) is 0. The Hall–Kier alpha value is -2.00. The van der Waals surface area contributed by atoms with Gasteiger partial charge in [-0.15, -0.1) is 0 Å². The summed E-state index contributed by atoms with van der Waals surface area (Å²) in [6.07, 6.45) is 2.76. The number of hydrogen-bond acceptors (Lipinski definition) is 3. The van der Waals surface area contributed by atoms with Crippen LogP contribution >= 0.6 is 0 Å². The molecule has 0 spiro atoms. The second-order valence-electron chi connectivity index (χ2n) is 7.31. The summed E-state index contributed by atoms with van der Waals surface area (Å²) in [5.74, 6) is 0.965. The Morgan fingerprint density at radius 2 is 1.96 bits per heavy atom. The normalized spacial score (nSPS) is 25.6. The standard InChI is InChI=1S/C21H26N2O/c1-21-12-14-23(13-11-16-7-5-4-6-8-16)20(21)22(2)19-10-9-17(24-3)15-18(19)21/h4-10,15,20H,11-14H2,1-3H3/t20?,21-/m0/s1. The zero-order valence-corrected chi connectivity index (χ0v) is 14.8. The zero-order chi connectivity index (χ0) is 16.7. The fraction of sp³-hybridized carbons (Fsp3) is 0.429. The summed E-state index contributed by atoms with van der Waals surface area (Å²) in [6, 6.07) is 17.3. The van der Waals surface area contributed by atoms with Crippen molar-refractivity contribution < 1.29 is 4.74 Å². The van der Waals surface area contributed by atoms with Gasteiger partial charge in [-0.3, -0.25) is 4.90 Å². The van der Waals surface area contributed by atoms with E-state index in [9.17, 15) is 0 Å². The van der Waals surface area contributed by atoms with E-state index in [-0.39, 0.29) is 5.41 Å². The topological polar surface area (TPSA) is 15.7 Å². The number of methoxy groups -OCH3 is 1. The van der Waals surface area contributed by atoms with E-state index in [1.54, 1.807) is 7.11 Å². The van der Waals surface area contributed by atoms with E-state index in [1.807, 2.05) is 0 Å². The van der Waals surface area contributed by atoms with Gasteiger partial charge in [-0.2, -0.15) is 0 Å². The van der Waals surface area contributed by atoms with E-state index in [0.717, 1.165) is 25.3 Å². The molecule has 0 N–H and O–H groups in total. The molecule has 2 aromatic rings. The largest absolute Gasteiger partial charge is 0.497 e. The van der Waals surface area contributed by atoms with Gasteiger partial charge in [-0.05, 0) is 42.2 Å². The van der Waals surface area contributed by atoms with Crippen LogP contribution in [-0.4, -0.2) is 38.3 Å². The Morgan fingerprint density at radius 3 is 2.71 bits per heavy atom. The van der Waals surface area contributed by atoms with Gasteiger partial charge in [-0.1, -0.05) is 37.3 Å². The molecule has 3 nitrogen and oxygen atoms in total. The van der Waals surface area contributed by atoms with Crippen molar-refractivity contribution in [1.29, 1.82) is 0 Å². The van der Waals surface area contributed by atoms with Gasteiger partial charge in [0.25, 0.3) is 0 Å². The lowest BCUT2D eigenvalue weighted by molar-refractivity contribution is 0.226. The highest BCUT2D eigenvalue weighted by Gasteiger charge is 2.53. The summed E-state index contributed by atoms with van der Waals surface area (Å²) in [4.78, 5) is 5.12. The number of fused-ring (bicyclic) bond motifs is 3. The number of likely N-dealkylation sites (N-methyl/N-ethyl adjacent to an activating group) is 1. The molecule has 2 aromatic carbocycles. The van der Waals surface area contributed by atoms with Crippen LogP contribution in [0, 0.1) is 0 Å². The second kappa shape index (κ2) is 5.82. The lowest BCUT2D eigenvalue weighted by Gasteiger charge is -2.34. The number of likely N-dealkylation sites (tertiary alicyclic amines) is 1. The van der Waals surface area contributed by atoms with Crippen LogP contribution in [0.1, 0.15) is 24.5 Å². The maximum Gasteiger partial charge on any atom is 0.119 e. The Labute approximate surface area is 144 Å². The predicted octanol–water partition coefficient (Wildman–Crippen LogP) is 3.68. The Morgan fingerprint density at radius 1 is 1.17 bits per heavy atom. The van der Waals surface area contributed by atoms with E-state index in [1.165, 1.54) is 23.2 Å². The maximum atomic E-state index is 5.47. The van der Waals surface area contributed by atoms with Crippen LogP contribution in [0.3, 0.4) is 0 Å². The third-order valence-electron chi connectivity index (χ3n) is 5.93. The van der Waals surface area contributed by atoms with Gasteiger partial charge in [0.1, 0.15) is 5.75 Å². The van der Waals surface area contributed by atoms with E-state index >= 15 is 0 Å². The molecule has 24 heavy (non-hydrogen) atoms. The molecule has 4 rings (SSSR count). The highest BCUT2D eigenvalue weighted by atomic mass is 16.5. The molecule has 2 heterocycles. The molecule has 1 fully saturated rings. The van der Waals surface area contributed by atoms with E-state index in [4.69, 9.17) is 4.74 Å². The first-order valence-electron chi connectivity index (χ1n) is 8.83. The number of nitrogens with zero attached hydrogens (tertiary/aromatic N) is 2. The zero-order valence-electron chi connectivity index (χ0n) is 14.8. The van der Waals surface area contributed by atoms with E-state index in [0.29, 0.717) is 6.17 Å². The summed E-state index contributed by atoms with van der Waals surface area (Å²) in [7, 11) is 3.99. The lowest BCUT2D eigenvalue weighted by atomic mass is 9.81. The van der Waals surface area contributed by atoms with Gasteiger partial charge in [0.15, 0.2) is 0 Å². The number of rotatable bonds is 4. The van der Waals surface area contributed by atoms with Gasteiger partial charge in [0.2, 0.25) is 0 Å². The molecule has 0 aliphatic carbocycles. The van der Waals surface area contributed by atoms with Crippen molar-refractivity contribution >= 4 is 5.69 Å². The van der Waals surface area contributed by atoms with E-state index in [2.05, 4.69) is 72.3 Å². The van der Waals surface area contributed by atoms with Crippen molar-refractivity contribution in [1.82, 2.24) is 4.90 Å². The lowest BCUT2D eigenvalue weighted by Crippen LogP contribution is -2.47. The molecule has 0 amide bonds. The van der Waals surface area contributed by atoms with Crippen molar-refractivity contribution in [2.75, 3.05) is 32.1 Å². The fourth-order valence-corrected chi connectivity index (χ4v) is 4.67. The second-order valence-corrected chi connectivity index (χ2v) is 7.31. The van der Waals surface area contributed by atoms with Gasteiger partial charge in [0, 0.05) is 31.2 Å². The van der Waals surface area contributed by atoms with Crippen LogP contribution in [0.15, 0.2) is 48.5 Å². The minimum Gasteiger partial charge on any atom is -0.497 e. The predicted molar refractivity (Wildman–Crippen MR) is 98.9 cm³/mol. The van der Waals surface area contributed by atoms with Gasteiger partial charge in [0.05, 0.1) is 13.3 Å². The highest BCUT2D eigenvalue weighted by Crippen LogP contribution is 2.52. The summed E-state index contributed by atoms with van der Waals surface area (Å²) < 4.78 is 5.47. The van der Waals surface area contributed by atoms with Gasteiger partial charge < -0.3 is 9.64 Å². The molecular weight excluding hydrogens is 296 g/mol. The third-order valence-corrected chi connectivity index (χ3v) is 5.93. The Balaban J connectivity index is 1.58. The third kappa shape index (κ3) is 2.30. The number of benzene rings is 2. The Kier molecular flexibility index (Phi) is 3.76. The van der Waals surface area contributed by atoms with Crippen LogP contribution < -0.4 is 9.64 Å². The molecule has 0 bridgehead atoms. The number of anilines is 1. The average molecular weight is 322 g/mol. The first-order valence-corrected chi connectivity index (χ1v) is 8.83. The minimum absolute atomic E-state index is 0.190. The van der Waals surface area contributed by atoms with Crippen molar-refractivity contribution in [3.05, 3.63) is 59.7 Å². The molecule has 0 saturated carbocycles. The molecule has 1 unspecified atom stereocenters. The smallest absolute Gasteiger partial charge is 0.119 e. The van der Waals surface area contributed by atoms with Gasteiger partial charge >= 0.3 is 0 Å². The molecule has 0 aromatic heterocycles. The van der Waals surface area contributed by atoms with Crippen LogP contribution in [0.4, 0.5) is 5.69 Å². The van der Waals surface area contributed by atoms with Crippen molar-refractivity contribution in [3.63, 3.8) is 0 Å². The first-order chi connectivity index (χ1) is 11.6. The quantitative estimate of drug-likeness (QED) is 0.854. The van der Waals surface area contributed by atoms with Crippen LogP contribution in [0.25, 0.3) is 0 Å². The monoisotopic (exact) mass is 322 g/mol. The van der Waals surface area contributed by atoms with Crippen molar-refractivity contribution in [2.45, 2.75) is 31.3 Å². The van der Waals surface area contributed by atoms with Crippen LogP contribution in [0.5, 0.6) is 5.75 Å². The molecule has 2 aliphatic rings. The van der Waals surface area contributed by atoms with Crippen LogP contribution in [0.2, 0.25) is 0 Å². The molecule has 2 aliphatic heterocycles. The summed E-state index contributed by atoms with van der Waals surface area (Å²) >= 11 is 0. The molecule has 2 atom stereocenters. The molecule has 126 valence electrons. The molecule has 1 saturated heterocycles. The number of ether oxygens (including phenoxy) is 1. The minimum atomic E-state index is 0.190. The van der Waals surface area contributed by atoms with Crippen LogP contribution in [-0.2, 0) is 11.8 Å². The Bertz CT molecular complexity index is 730. The first kappa shape index (κ1) is 15.5. The summed E-state index contributed by atoms with van der Waals surface area (Å²) in [5.41, 5.74) is 4.41. The highest BCUT2D eigenvalue weighted by molar-refractivity contribution is 5.66.